The molecule has 2 aromatic rings. The fourth-order valence-corrected chi connectivity index (χ4v) is 4.98. The van der Waals surface area contributed by atoms with E-state index in [1.54, 1.807) is 12.1 Å². The molecule has 0 fully saturated rings. The van der Waals surface area contributed by atoms with Gasteiger partial charge in [-0.1, -0.05) is 68.4 Å². The van der Waals surface area contributed by atoms with Gasteiger partial charge in [0.2, 0.25) is 0 Å². The topological polar surface area (TPSA) is 44.1 Å². The third-order valence-corrected chi connectivity index (χ3v) is 6.94. The van der Waals surface area contributed by atoms with Crippen molar-refractivity contribution in [3.05, 3.63) is 112 Å². The summed E-state index contributed by atoms with van der Waals surface area (Å²) in [5.41, 5.74) is 11.5. The molecule has 3 aliphatic rings. The minimum absolute atomic E-state index is 0.00314. The molecule has 0 spiro atoms. The maximum atomic E-state index is 13.7. The third kappa shape index (κ3) is 4.02. The lowest BCUT2D eigenvalue weighted by molar-refractivity contribution is -0.113. The number of amides is 1. The van der Waals surface area contributed by atoms with Crippen LogP contribution >= 0.6 is 0 Å². The van der Waals surface area contributed by atoms with Gasteiger partial charge in [0.25, 0.3) is 5.91 Å². The summed E-state index contributed by atoms with van der Waals surface area (Å²) in [4.78, 5) is 15.6. The summed E-state index contributed by atoms with van der Waals surface area (Å²) in [6, 6.07) is 26.5. The van der Waals surface area contributed by atoms with Crippen LogP contribution in [0, 0.1) is 25.2 Å². The highest BCUT2D eigenvalue weighted by Crippen LogP contribution is 2.42. The Kier molecular flexibility index (Phi) is 5.75. The second-order valence-corrected chi connectivity index (χ2v) is 9.66. The number of fused-ring (bicyclic) bond motifs is 2. The molecule has 0 saturated carbocycles. The number of nitrogens with zero attached hydrogens (tertiary/aromatic N) is 2. The first kappa shape index (κ1) is 22.6. The molecular weight excluding hydrogens is 428 g/mol. The lowest BCUT2D eigenvalue weighted by atomic mass is 9.99. The van der Waals surface area contributed by atoms with Crippen LogP contribution in [0.2, 0.25) is 0 Å². The minimum atomic E-state index is 0.00314. The highest BCUT2D eigenvalue weighted by atomic mass is 16.2. The number of aryl methyl sites for hydroxylation is 2. The number of rotatable bonds is 4. The lowest BCUT2D eigenvalue weighted by Gasteiger charge is -2.17. The Hall–Kier alpha value is -4.16. The fourth-order valence-electron chi connectivity index (χ4n) is 4.98. The van der Waals surface area contributed by atoms with Gasteiger partial charge in [-0.25, -0.2) is 0 Å². The van der Waals surface area contributed by atoms with Crippen molar-refractivity contribution in [1.29, 1.82) is 5.26 Å². The van der Waals surface area contributed by atoms with Gasteiger partial charge in [0, 0.05) is 11.1 Å². The summed E-state index contributed by atoms with van der Waals surface area (Å²) in [7, 11) is 0. The highest BCUT2D eigenvalue weighted by Gasteiger charge is 2.32. The lowest BCUT2D eigenvalue weighted by Crippen LogP contribution is -2.25. The molecule has 0 radical (unpaired) electrons. The molecule has 35 heavy (non-hydrogen) atoms. The van der Waals surface area contributed by atoms with Gasteiger partial charge in [0.15, 0.2) is 0 Å². The van der Waals surface area contributed by atoms with Gasteiger partial charge in [-0.3, -0.25) is 4.79 Å². The van der Waals surface area contributed by atoms with Crippen LogP contribution in [0.25, 0.3) is 22.8 Å². The number of benzene rings is 2. The molecule has 172 valence electrons. The average molecular weight is 457 g/mol. The summed E-state index contributed by atoms with van der Waals surface area (Å²) in [6.07, 6.45) is 2.07. The van der Waals surface area contributed by atoms with Crippen molar-refractivity contribution in [1.82, 2.24) is 0 Å². The zero-order valence-corrected chi connectivity index (χ0v) is 20.6. The van der Waals surface area contributed by atoms with Gasteiger partial charge in [0.1, 0.15) is 0 Å². The standard InChI is InChI=1S/C32H28N2O/c1-20(2)25-14-9-21(3)31-26(15-22(4)28(31)16-25)17-29-27-7-5-6-8-30(27)34(32(29)35)19-24-12-10-23(18-33)11-13-24/h5-17,20H,19H2,1-4H3/b29-17-. The van der Waals surface area contributed by atoms with Crippen LogP contribution in [0.1, 0.15) is 58.7 Å². The molecule has 0 aromatic heterocycles. The first-order valence-corrected chi connectivity index (χ1v) is 12.0. The third-order valence-electron chi connectivity index (χ3n) is 6.94. The number of carbonyl (C=O) groups excluding carboxylic acids is 1. The van der Waals surface area contributed by atoms with E-state index < -0.39 is 0 Å². The quantitative estimate of drug-likeness (QED) is 0.299. The van der Waals surface area contributed by atoms with Crippen molar-refractivity contribution in [3.8, 4) is 17.2 Å². The van der Waals surface area contributed by atoms with E-state index in [0.29, 0.717) is 18.0 Å². The monoisotopic (exact) mass is 456 g/mol. The van der Waals surface area contributed by atoms with Crippen molar-refractivity contribution >= 4 is 23.2 Å². The number of hydrogen-bond acceptors (Lipinski definition) is 2. The number of nitriles is 1. The minimum Gasteiger partial charge on any atom is -0.303 e. The molecule has 2 aromatic carbocycles. The molecule has 0 atom stereocenters. The molecule has 3 nitrogen and oxygen atoms in total. The Labute approximate surface area is 207 Å². The zero-order chi connectivity index (χ0) is 24.7. The molecule has 5 rings (SSSR count). The molecule has 0 N–H and O–H groups in total. The average Bonchev–Trinajstić information content (AvgIpc) is 3.21. The van der Waals surface area contributed by atoms with Crippen molar-refractivity contribution in [3.63, 3.8) is 0 Å². The van der Waals surface area contributed by atoms with Crippen LogP contribution in [0.3, 0.4) is 0 Å². The molecule has 3 heteroatoms. The summed E-state index contributed by atoms with van der Waals surface area (Å²) >= 11 is 0. The molecule has 1 aliphatic heterocycles. The van der Waals surface area contributed by atoms with E-state index >= 15 is 0 Å². The van der Waals surface area contributed by atoms with Crippen molar-refractivity contribution in [2.45, 2.75) is 40.2 Å². The molecular formula is C32H28N2O. The maximum absolute atomic E-state index is 13.7. The van der Waals surface area contributed by atoms with Gasteiger partial charge in [-0.15, -0.1) is 0 Å². The van der Waals surface area contributed by atoms with Crippen LogP contribution in [-0.2, 0) is 11.3 Å². The first-order chi connectivity index (χ1) is 16.9. The number of anilines is 1. The first-order valence-electron chi connectivity index (χ1n) is 12.0. The Bertz CT molecular complexity index is 1490. The van der Waals surface area contributed by atoms with Crippen LogP contribution < -0.4 is 4.90 Å². The van der Waals surface area contributed by atoms with Gasteiger partial charge >= 0.3 is 0 Å². The van der Waals surface area contributed by atoms with Gasteiger partial charge in [-0.2, -0.15) is 5.26 Å². The van der Waals surface area contributed by atoms with E-state index in [2.05, 4.69) is 64.1 Å². The Morgan fingerprint density at radius 1 is 0.914 bits per heavy atom. The fraction of sp³-hybridized carbons (Fsp3) is 0.188. The Morgan fingerprint density at radius 2 is 1.66 bits per heavy atom. The number of carbonyl (C=O) groups is 1. The predicted molar refractivity (Wildman–Crippen MR) is 143 cm³/mol. The van der Waals surface area contributed by atoms with E-state index in [-0.39, 0.29) is 5.91 Å². The Morgan fingerprint density at radius 3 is 2.37 bits per heavy atom. The predicted octanol–water partition coefficient (Wildman–Crippen LogP) is 7.49. The highest BCUT2D eigenvalue weighted by molar-refractivity contribution is 6.36. The van der Waals surface area contributed by atoms with E-state index in [0.717, 1.165) is 28.0 Å². The summed E-state index contributed by atoms with van der Waals surface area (Å²) < 4.78 is 0. The SMILES string of the molecule is Cc1cc(/C=C2\C(=O)N(Cc3ccc(C#N)cc3)c3ccccc32)c2c(C)ccc(C(C)C)cc1-2. The largest absolute Gasteiger partial charge is 0.303 e. The number of para-hydroxylation sites is 1. The smallest absolute Gasteiger partial charge is 0.259 e. The number of hydrogen-bond donors (Lipinski definition) is 0. The van der Waals surface area contributed by atoms with E-state index in [1.807, 2.05) is 41.3 Å². The van der Waals surface area contributed by atoms with Crippen LogP contribution in [0.15, 0.2) is 72.8 Å². The molecule has 0 bridgehead atoms. The summed E-state index contributed by atoms with van der Waals surface area (Å²) in [5, 5.41) is 9.09. The normalized spacial score (nSPS) is 14.1. The van der Waals surface area contributed by atoms with Crippen molar-refractivity contribution in [2.75, 3.05) is 4.90 Å². The summed E-state index contributed by atoms with van der Waals surface area (Å²) in [6.45, 7) is 9.19. The van der Waals surface area contributed by atoms with Crippen LogP contribution in [0.5, 0.6) is 0 Å². The molecule has 1 amide bonds. The maximum Gasteiger partial charge on any atom is 0.259 e. The van der Waals surface area contributed by atoms with E-state index in [9.17, 15) is 4.79 Å². The zero-order valence-electron chi connectivity index (χ0n) is 20.6. The second-order valence-electron chi connectivity index (χ2n) is 9.66. The van der Waals surface area contributed by atoms with Crippen LogP contribution in [0.4, 0.5) is 5.69 Å². The molecule has 0 saturated heterocycles. The molecule has 1 heterocycles. The van der Waals surface area contributed by atoms with Gasteiger partial charge in [0.05, 0.1) is 23.9 Å². The Balaban J connectivity index is 1.59. The van der Waals surface area contributed by atoms with Crippen molar-refractivity contribution < 1.29 is 4.79 Å². The van der Waals surface area contributed by atoms with Crippen molar-refractivity contribution in [2.24, 2.45) is 0 Å². The van der Waals surface area contributed by atoms with E-state index in [4.69, 9.17) is 5.26 Å². The second kappa shape index (κ2) is 8.89. The molecule has 0 unspecified atom stereocenters. The molecule has 2 aliphatic carbocycles. The van der Waals surface area contributed by atoms with Gasteiger partial charge in [-0.05, 0) is 83.0 Å². The van der Waals surface area contributed by atoms with Gasteiger partial charge < -0.3 is 4.90 Å². The summed E-state index contributed by atoms with van der Waals surface area (Å²) in [5.74, 6) is 0.448. The van der Waals surface area contributed by atoms with E-state index in [1.165, 1.54) is 27.8 Å². The van der Waals surface area contributed by atoms with Crippen LogP contribution in [-0.4, -0.2) is 5.91 Å².